The molecule has 0 aliphatic rings. The third-order valence-corrected chi connectivity index (χ3v) is 1.75. The molecule has 2 N–H and O–H groups in total. The lowest BCUT2D eigenvalue weighted by Gasteiger charge is -2.23. The van der Waals surface area contributed by atoms with Crippen LogP contribution in [0.5, 0.6) is 0 Å². The van der Waals surface area contributed by atoms with Crippen LogP contribution < -0.4 is 5.32 Å². The van der Waals surface area contributed by atoms with E-state index in [0.717, 1.165) is 12.1 Å². The van der Waals surface area contributed by atoms with E-state index in [1.165, 1.54) is 7.11 Å². The molecule has 0 saturated heterocycles. The second-order valence-corrected chi connectivity index (χ2v) is 4.83. The van der Waals surface area contributed by atoms with E-state index in [-0.39, 0.29) is 12.0 Å². The Morgan fingerprint density at radius 1 is 1.53 bits per heavy atom. The van der Waals surface area contributed by atoms with Gasteiger partial charge in [0.25, 0.3) is 0 Å². The summed E-state index contributed by atoms with van der Waals surface area (Å²) >= 11 is 0. The van der Waals surface area contributed by atoms with Crippen molar-refractivity contribution in [3.05, 3.63) is 12.3 Å². The molecule has 88 valence electrons. The molecule has 0 aliphatic carbocycles. The van der Waals surface area contributed by atoms with E-state index in [0.29, 0.717) is 0 Å². The Labute approximate surface area is 91.3 Å². The van der Waals surface area contributed by atoms with Crippen LogP contribution in [0.3, 0.4) is 0 Å². The van der Waals surface area contributed by atoms with E-state index in [2.05, 4.69) is 32.7 Å². The van der Waals surface area contributed by atoms with Crippen LogP contribution in [0.2, 0.25) is 0 Å². The van der Waals surface area contributed by atoms with Gasteiger partial charge in [-0.1, -0.05) is 27.4 Å². The summed E-state index contributed by atoms with van der Waals surface area (Å²) in [5.74, 6) is -0.924. The molecule has 0 aromatic rings. The van der Waals surface area contributed by atoms with Crippen molar-refractivity contribution in [2.24, 2.45) is 5.41 Å². The second kappa shape index (κ2) is 5.75. The molecule has 1 unspecified atom stereocenters. The maximum Gasteiger partial charge on any atom is 0.328 e. The lowest BCUT2D eigenvalue weighted by molar-refractivity contribution is -0.140. The zero-order valence-electron chi connectivity index (χ0n) is 9.96. The molecule has 0 fully saturated rings. The number of carbonyl (C=O) groups is 1. The van der Waals surface area contributed by atoms with Crippen LogP contribution in [-0.4, -0.2) is 30.8 Å². The summed E-state index contributed by atoms with van der Waals surface area (Å²) in [5, 5.41) is 11.7. The smallest absolute Gasteiger partial charge is 0.328 e. The van der Waals surface area contributed by atoms with Gasteiger partial charge in [0.2, 0.25) is 0 Å². The molecule has 0 heterocycles. The first kappa shape index (κ1) is 14.0. The highest BCUT2D eigenvalue weighted by Gasteiger charge is 2.19. The Hall–Kier alpha value is -1.03. The quantitative estimate of drug-likeness (QED) is 0.707. The van der Waals surface area contributed by atoms with Crippen molar-refractivity contribution in [2.45, 2.75) is 33.2 Å². The molecule has 4 nitrogen and oxygen atoms in total. The van der Waals surface area contributed by atoms with E-state index >= 15 is 0 Å². The van der Waals surface area contributed by atoms with Gasteiger partial charge in [-0.25, -0.2) is 4.79 Å². The van der Waals surface area contributed by atoms with Gasteiger partial charge in [0.05, 0.1) is 6.61 Å². The van der Waals surface area contributed by atoms with Crippen molar-refractivity contribution in [3.8, 4) is 0 Å². The van der Waals surface area contributed by atoms with E-state index in [9.17, 15) is 4.79 Å². The topological polar surface area (TPSA) is 58.6 Å². The van der Waals surface area contributed by atoms with E-state index < -0.39 is 12.0 Å². The molecule has 0 rings (SSSR count). The SMILES string of the molecule is C=C(CC(C)(C)C)NC(COC)C(=O)O. The molecule has 0 bridgehead atoms. The number of hydrogen-bond donors (Lipinski definition) is 2. The zero-order valence-corrected chi connectivity index (χ0v) is 9.96. The number of aliphatic carboxylic acids is 1. The summed E-state index contributed by atoms with van der Waals surface area (Å²) < 4.78 is 4.81. The van der Waals surface area contributed by atoms with Gasteiger partial charge in [0.15, 0.2) is 0 Å². The van der Waals surface area contributed by atoms with Crippen LogP contribution in [0.25, 0.3) is 0 Å². The fourth-order valence-electron chi connectivity index (χ4n) is 1.28. The molecule has 15 heavy (non-hydrogen) atoms. The van der Waals surface area contributed by atoms with Crippen molar-refractivity contribution in [1.29, 1.82) is 0 Å². The zero-order chi connectivity index (χ0) is 12.1. The normalized spacial score (nSPS) is 13.3. The minimum absolute atomic E-state index is 0.0974. The van der Waals surface area contributed by atoms with Gasteiger partial charge < -0.3 is 15.2 Å². The molecule has 0 aromatic carbocycles. The number of carboxylic acid groups (broad SMARTS) is 1. The van der Waals surface area contributed by atoms with Gasteiger partial charge in [0.1, 0.15) is 6.04 Å². The van der Waals surface area contributed by atoms with Gasteiger partial charge in [-0.05, 0) is 11.8 Å². The van der Waals surface area contributed by atoms with Crippen LogP contribution in [0.15, 0.2) is 12.3 Å². The summed E-state index contributed by atoms with van der Waals surface area (Å²) in [5.41, 5.74) is 0.826. The average molecular weight is 215 g/mol. The number of allylic oxidation sites excluding steroid dienone is 1. The van der Waals surface area contributed by atoms with Crippen molar-refractivity contribution in [2.75, 3.05) is 13.7 Å². The van der Waals surface area contributed by atoms with Crippen LogP contribution in [0.1, 0.15) is 27.2 Å². The first-order valence-electron chi connectivity index (χ1n) is 4.92. The predicted molar refractivity (Wildman–Crippen MR) is 59.6 cm³/mol. The molecule has 0 spiro atoms. The van der Waals surface area contributed by atoms with E-state index in [4.69, 9.17) is 9.84 Å². The third kappa shape index (κ3) is 6.96. The molecular formula is C11H21NO3. The van der Waals surface area contributed by atoms with Crippen LogP contribution in [-0.2, 0) is 9.53 Å². The van der Waals surface area contributed by atoms with Crippen LogP contribution >= 0.6 is 0 Å². The molecule has 0 aliphatic heterocycles. The Kier molecular flexibility index (Phi) is 5.36. The lowest BCUT2D eigenvalue weighted by Crippen LogP contribution is -2.40. The van der Waals surface area contributed by atoms with E-state index in [1.54, 1.807) is 0 Å². The van der Waals surface area contributed by atoms with Gasteiger partial charge in [0, 0.05) is 12.8 Å². The largest absolute Gasteiger partial charge is 0.480 e. The number of methoxy groups -OCH3 is 1. The third-order valence-electron chi connectivity index (χ3n) is 1.75. The average Bonchev–Trinajstić information content (AvgIpc) is 1.99. The molecule has 4 heteroatoms. The van der Waals surface area contributed by atoms with Crippen LogP contribution in [0.4, 0.5) is 0 Å². The van der Waals surface area contributed by atoms with Crippen LogP contribution in [0, 0.1) is 5.41 Å². The van der Waals surface area contributed by atoms with Crippen molar-refractivity contribution in [1.82, 2.24) is 5.32 Å². The molecular weight excluding hydrogens is 194 g/mol. The first-order valence-corrected chi connectivity index (χ1v) is 4.92. The van der Waals surface area contributed by atoms with Gasteiger partial charge >= 0.3 is 5.97 Å². The highest BCUT2D eigenvalue weighted by molar-refractivity contribution is 5.73. The number of carboxylic acids is 1. The predicted octanol–water partition coefficient (Wildman–Crippen LogP) is 1.63. The highest BCUT2D eigenvalue weighted by atomic mass is 16.5. The maximum atomic E-state index is 10.8. The second-order valence-electron chi connectivity index (χ2n) is 4.83. The number of rotatable bonds is 6. The Bertz CT molecular complexity index is 230. The molecule has 0 aromatic heterocycles. The highest BCUT2D eigenvalue weighted by Crippen LogP contribution is 2.21. The number of ether oxygens (including phenoxy) is 1. The standard InChI is InChI=1S/C11H21NO3/c1-8(6-11(2,3)4)12-9(7-15-5)10(13)14/h9,12H,1,6-7H2,2-5H3,(H,13,14). The molecule has 1 atom stereocenters. The summed E-state index contributed by atoms with van der Waals surface area (Å²) in [4.78, 5) is 10.8. The number of nitrogens with one attached hydrogen (secondary N) is 1. The van der Waals surface area contributed by atoms with Crippen molar-refractivity contribution in [3.63, 3.8) is 0 Å². The van der Waals surface area contributed by atoms with Gasteiger partial charge in [-0.15, -0.1) is 0 Å². The van der Waals surface area contributed by atoms with Gasteiger partial charge in [-0.2, -0.15) is 0 Å². The minimum atomic E-state index is -0.924. The Morgan fingerprint density at radius 2 is 2.07 bits per heavy atom. The summed E-state index contributed by atoms with van der Waals surface area (Å²) in [7, 11) is 1.48. The van der Waals surface area contributed by atoms with Crippen molar-refractivity contribution >= 4 is 5.97 Å². The Balaban J connectivity index is 4.18. The minimum Gasteiger partial charge on any atom is -0.480 e. The summed E-state index contributed by atoms with van der Waals surface area (Å²) in [6, 6.07) is -0.718. The summed E-state index contributed by atoms with van der Waals surface area (Å²) in [6.07, 6.45) is 0.737. The van der Waals surface area contributed by atoms with E-state index in [1.807, 2.05) is 0 Å². The monoisotopic (exact) mass is 215 g/mol. The molecule has 0 saturated carbocycles. The first-order chi connectivity index (χ1) is 6.76. The molecule has 0 radical (unpaired) electrons. The fraction of sp³-hybridized carbons (Fsp3) is 0.727. The summed E-state index contributed by atoms with van der Waals surface area (Å²) in [6.45, 7) is 10.2. The van der Waals surface area contributed by atoms with Gasteiger partial charge in [-0.3, -0.25) is 0 Å². The van der Waals surface area contributed by atoms with Crippen molar-refractivity contribution < 1.29 is 14.6 Å². The molecule has 0 amide bonds. The fourth-order valence-corrected chi connectivity index (χ4v) is 1.28. The number of hydrogen-bond acceptors (Lipinski definition) is 3. The lowest BCUT2D eigenvalue weighted by atomic mass is 9.91. The Morgan fingerprint density at radius 3 is 2.40 bits per heavy atom. The maximum absolute atomic E-state index is 10.8.